The topological polar surface area (TPSA) is 25.8 Å². The van der Waals surface area contributed by atoms with Crippen LogP contribution in [0.15, 0.2) is 41.1 Å². The van der Waals surface area contributed by atoms with Gasteiger partial charge in [0.15, 0.2) is 0 Å². The van der Waals surface area contributed by atoms with E-state index in [1.807, 2.05) is 36.5 Å². The molecule has 0 spiro atoms. The largest absolute Gasteiger partial charge is 0.254 e. The highest BCUT2D eigenvalue weighted by atomic mass is 79.9. The predicted molar refractivity (Wildman–Crippen MR) is 67.8 cm³/mol. The standard InChI is InChI=1S/C11H8Br2N2/c12-6-8-4-5-9(14-7-8)10-2-1-3-11(13)15-10/h1-5,7H,6H2. The van der Waals surface area contributed by atoms with Gasteiger partial charge in [-0.15, -0.1) is 0 Å². The Hall–Kier alpha value is -0.740. The van der Waals surface area contributed by atoms with Crippen molar-refractivity contribution in [3.8, 4) is 11.4 Å². The Morgan fingerprint density at radius 1 is 1.07 bits per heavy atom. The highest BCUT2D eigenvalue weighted by Crippen LogP contribution is 2.17. The lowest BCUT2D eigenvalue weighted by Crippen LogP contribution is -1.88. The lowest BCUT2D eigenvalue weighted by molar-refractivity contribution is 1.20. The van der Waals surface area contributed by atoms with Crippen molar-refractivity contribution in [3.05, 3.63) is 46.7 Å². The number of rotatable bonds is 2. The lowest BCUT2D eigenvalue weighted by atomic mass is 10.2. The molecule has 0 amide bonds. The fourth-order valence-electron chi connectivity index (χ4n) is 1.21. The molecule has 0 saturated heterocycles. The molecule has 0 unspecified atom stereocenters. The van der Waals surface area contributed by atoms with E-state index >= 15 is 0 Å². The maximum atomic E-state index is 4.35. The van der Waals surface area contributed by atoms with Gasteiger partial charge in [-0.05, 0) is 39.7 Å². The molecular weight excluding hydrogens is 320 g/mol. The molecule has 0 atom stereocenters. The van der Waals surface area contributed by atoms with Crippen LogP contribution in [0.5, 0.6) is 0 Å². The first kappa shape index (κ1) is 10.8. The number of hydrogen-bond donors (Lipinski definition) is 0. The zero-order chi connectivity index (χ0) is 10.7. The molecule has 4 heteroatoms. The Balaban J connectivity index is 2.37. The third kappa shape index (κ3) is 2.63. The van der Waals surface area contributed by atoms with E-state index in [1.165, 1.54) is 0 Å². The molecule has 0 radical (unpaired) electrons. The summed E-state index contributed by atoms with van der Waals surface area (Å²) >= 11 is 6.73. The second-order valence-electron chi connectivity index (χ2n) is 3.03. The van der Waals surface area contributed by atoms with Crippen LogP contribution in [0.2, 0.25) is 0 Å². The van der Waals surface area contributed by atoms with E-state index in [4.69, 9.17) is 0 Å². The summed E-state index contributed by atoms with van der Waals surface area (Å²) in [5.41, 5.74) is 2.93. The monoisotopic (exact) mass is 326 g/mol. The summed E-state index contributed by atoms with van der Waals surface area (Å²) in [4.78, 5) is 8.69. The highest BCUT2D eigenvalue weighted by Gasteiger charge is 2.00. The molecule has 0 bridgehead atoms. The van der Waals surface area contributed by atoms with Crippen LogP contribution in [-0.2, 0) is 5.33 Å². The third-order valence-corrected chi connectivity index (χ3v) is 3.05. The Labute approximate surface area is 105 Å². The average molecular weight is 328 g/mol. The Bertz CT molecular complexity index is 454. The zero-order valence-electron chi connectivity index (χ0n) is 7.82. The van der Waals surface area contributed by atoms with Crippen LogP contribution in [0.1, 0.15) is 5.56 Å². The number of aromatic nitrogens is 2. The van der Waals surface area contributed by atoms with Gasteiger partial charge in [-0.25, -0.2) is 4.98 Å². The Kier molecular flexibility index (Phi) is 3.49. The maximum Gasteiger partial charge on any atom is 0.106 e. The van der Waals surface area contributed by atoms with Crippen LogP contribution < -0.4 is 0 Å². The molecule has 2 aromatic heterocycles. The van der Waals surface area contributed by atoms with Crippen molar-refractivity contribution in [1.29, 1.82) is 0 Å². The minimum absolute atomic E-state index is 0.825. The molecule has 0 aromatic carbocycles. The third-order valence-electron chi connectivity index (χ3n) is 1.96. The fraction of sp³-hybridized carbons (Fsp3) is 0.0909. The summed E-state index contributed by atoms with van der Waals surface area (Å²) in [5.74, 6) is 0. The number of hydrogen-bond acceptors (Lipinski definition) is 2. The first-order valence-electron chi connectivity index (χ1n) is 4.43. The number of halogens is 2. The Morgan fingerprint density at radius 2 is 1.93 bits per heavy atom. The molecule has 2 rings (SSSR count). The molecule has 15 heavy (non-hydrogen) atoms. The number of alkyl halides is 1. The first-order chi connectivity index (χ1) is 7.29. The minimum atomic E-state index is 0.825. The molecule has 0 aliphatic rings. The number of nitrogens with zero attached hydrogens (tertiary/aromatic N) is 2. The van der Waals surface area contributed by atoms with Crippen LogP contribution in [-0.4, -0.2) is 9.97 Å². The van der Waals surface area contributed by atoms with E-state index in [0.717, 1.165) is 26.9 Å². The van der Waals surface area contributed by atoms with Gasteiger partial charge in [0, 0.05) is 11.5 Å². The second-order valence-corrected chi connectivity index (χ2v) is 4.40. The van der Waals surface area contributed by atoms with Gasteiger partial charge in [-0.3, -0.25) is 4.98 Å². The average Bonchev–Trinajstić information content (AvgIpc) is 2.29. The quantitative estimate of drug-likeness (QED) is 0.619. The zero-order valence-corrected chi connectivity index (χ0v) is 11.0. The van der Waals surface area contributed by atoms with Crippen LogP contribution in [0, 0.1) is 0 Å². The molecule has 76 valence electrons. The molecule has 2 heterocycles. The minimum Gasteiger partial charge on any atom is -0.254 e. The van der Waals surface area contributed by atoms with E-state index in [9.17, 15) is 0 Å². The van der Waals surface area contributed by atoms with Crippen LogP contribution in [0.25, 0.3) is 11.4 Å². The second kappa shape index (κ2) is 4.86. The van der Waals surface area contributed by atoms with E-state index in [-0.39, 0.29) is 0 Å². The van der Waals surface area contributed by atoms with Crippen molar-refractivity contribution >= 4 is 31.9 Å². The summed E-state index contributed by atoms with van der Waals surface area (Å²) in [6.07, 6.45) is 1.85. The summed E-state index contributed by atoms with van der Waals surface area (Å²) in [6, 6.07) is 9.81. The highest BCUT2D eigenvalue weighted by molar-refractivity contribution is 9.10. The molecule has 0 fully saturated rings. The predicted octanol–water partition coefficient (Wildman–Crippen LogP) is 3.80. The van der Waals surface area contributed by atoms with Crippen LogP contribution in [0.4, 0.5) is 0 Å². The van der Waals surface area contributed by atoms with Gasteiger partial charge >= 0.3 is 0 Å². The molecular formula is C11H8Br2N2. The van der Waals surface area contributed by atoms with Crippen molar-refractivity contribution in [3.63, 3.8) is 0 Å². The van der Waals surface area contributed by atoms with Gasteiger partial charge in [0.2, 0.25) is 0 Å². The molecule has 0 aliphatic heterocycles. The van der Waals surface area contributed by atoms with Crippen molar-refractivity contribution in [2.24, 2.45) is 0 Å². The van der Waals surface area contributed by atoms with Gasteiger partial charge in [0.25, 0.3) is 0 Å². The SMILES string of the molecule is BrCc1ccc(-c2cccc(Br)n2)nc1. The van der Waals surface area contributed by atoms with E-state index < -0.39 is 0 Å². The Morgan fingerprint density at radius 3 is 2.53 bits per heavy atom. The van der Waals surface area contributed by atoms with Crippen LogP contribution >= 0.6 is 31.9 Å². The van der Waals surface area contributed by atoms with E-state index in [1.54, 1.807) is 0 Å². The number of pyridine rings is 2. The van der Waals surface area contributed by atoms with Crippen LogP contribution in [0.3, 0.4) is 0 Å². The maximum absolute atomic E-state index is 4.35. The van der Waals surface area contributed by atoms with Crippen molar-refractivity contribution < 1.29 is 0 Å². The van der Waals surface area contributed by atoms with E-state index in [2.05, 4.69) is 41.8 Å². The molecule has 0 N–H and O–H groups in total. The summed E-state index contributed by atoms with van der Waals surface area (Å²) < 4.78 is 0.825. The van der Waals surface area contributed by atoms with Gasteiger partial charge in [0.1, 0.15) is 4.60 Å². The van der Waals surface area contributed by atoms with Gasteiger partial charge in [0.05, 0.1) is 11.4 Å². The van der Waals surface area contributed by atoms with Gasteiger partial charge in [-0.2, -0.15) is 0 Å². The molecule has 0 aliphatic carbocycles. The summed E-state index contributed by atoms with van der Waals surface area (Å²) in [6.45, 7) is 0. The summed E-state index contributed by atoms with van der Waals surface area (Å²) in [5, 5.41) is 0.826. The molecule has 0 saturated carbocycles. The van der Waals surface area contributed by atoms with Gasteiger partial charge < -0.3 is 0 Å². The van der Waals surface area contributed by atoms with E-state index in [0.29, 0.717) is 0 Å². The first-order valence-corrected chi connectivity index (χ1v) is 6.35. The molecule has 2 nitrogen and oxygen atoms in total. The normalized spacial score (nSPS) is 10.3. The fourth-order valence-corrected chi connectivity index (χ4v) is 1.88. The van der Waals surface area contributed by atoms with Crippen molar-refractivity contribution in [1.82, 2.24) is 9.97 Å². The van der Waals surface area contributed by atoms with Gasteiger partial charge in [-0.1, -0.05) is 28.1 Å². The summed E-state index contributed by atoms with van der Waals surface area (Å²) in [7, 11) is 0. The van der Waals surface area contributed by atoms with Crippen molar-refractivity contribution in [2.45, 2.75) is 5.33 Å². The smallest absolute Gasteiger partial charge is 0.106 e. The lowest BCUT2D eigenvalue weighted by Gasteiger charge is -2.01. The molecule has 2 aromatic rings. The van der Waals surface area contributed by atoms with Crippen molar-refractivity contribution in [2.75, 3.05) is 0 Å².